The number of imide groups is 1. The van der Waals surface area contributed by atoms with Crippen LogP contribution in [-0.4, -0.2) is 39.1 Å². The average Bonchev–Trinajstić information content (AvgIpc) is 3.32. The lowest BCUT2D eigenvalue weighted by atomic mass is 9.92. The number of carbonyl (C=O) groups excluding carboxylic acids is 2. The molecule has 1 aromatic heterocycles. The predicted molar refractivity (Wildman–Crippen MR) is 143 cm³/mol. The molecule has 0 fully saturated rings. The van der Waals surface area contributed by atoms with Gasteiger partial charge < -0.3 is 4.74 Å². The highest BCUT2D eigenvalue weighted by atomic mass is 19.1. The molecule has 0 saturated carbocycles. The van der Waals surface area contributed by atoms with Gasteiger partial charge >= 0.3 is 0 Å². The van der Waals surface area contributed by atoms with Crippen LogP contribution in [0.25, 0.3) is 23.0 Å². The summed E-state index contributed by atoms with van der Waals surface area (Å²) >= 11 is 0. The van der Waals surface area contributed by atoms with E-state index in [0.717, 1.165) is 23.4 Å². The zero-order chi connectivity index (χ0) is 27.4. The number of benzene rings is 2. The lowest BCUT2D eigenvalue weighted by Crippen LogP contribution is -2.46. The molecule has 2 amide bonds. The number of nitriles is 1. The Morgan fingerprint density at radius 2 is 1.87 bits per heavy atom. The van der Waals surface area contributed by atoms with Crippen LogP contribution in [0, 0.1) is 17.1 Å². The predicted octanol–water partition coefficient (Wildman–Crippen LogP) is 5.86. The Kier molecular flexibility index (Phi) is 7.87. The molecule has 194 valence electrons. The quantitative estimate of drug-likeness (QED) is 0.214. The largest absolute Gasteiger partial charge is 0.491 e. The number of aromatic nitrogens is 2. The Morgan fingerprint density at radius 1 is 1.13 bits per heavy atom. The maximum Gasteiger partial charge on any atom is 0.271 e. The summed E-state index contributed by atoms with van der Waals surface area (Å²) in [4.78, 5) is 27.3. The van der Waals surface area contributed by atoms with Crippen LogP contribution in [0.4, 0.5) is 4.39 Å². The molecular weight excluding hydrogens is 483 g/mol. The van der Waals surface area contributed by atoms with E-state index < -0.39 is 23.7 Å². The van der Waals surface area contributed by atoms with E-state index in [2.05, 4.69) is 0 Å². The van der Waals surface area contributed by atoms with E-state index in [1.54, 1.807) is 49.9 Å². The molecule has 0 aliphatic carbocycles. The van der Waals surface area contributed by atoms with Crippen molar-refractivity contribution in [1.82, 2.24) is 14.7 Å². The van der Waals surface area contributed by atoms with Crippen LogP contribution in [-0.2, 0) is 9.59 Å². The van der Waals surface area contributed by atoms with Gasteiger partial charge in [0, 0.05) is 28.9 Å². The molecule has 0 unspecified atom stereocenters. The number of carbonyl (C=O) groups is 2. The summed E-state index contributed by atoms with van der Waals surface area (Å²) in [6.45, 7) is 7.48. The van der Waals surface area contributed by atoms with Crippen molar-refractivity contribution < 1.29 is 18.7 Å². The van der Waals surface area contributed by atoms with E-state index in [-0.39, 0.29) is 16.9 Å². The van der Waals surface area contributed by atoms with Gasteiger partial charge in [0.15, 0.2) is 11.6 Å². The second-order valence-electron chi connectivity index (χ2n) is 9.30. The monoisotopic (exact) mass is 512 g/mol. The fourth-order valence-corrected chi connectivity index (χ4v) is 4.25. The van der Waals surface area contributed by atoms with Crippen LogP contribution in [0.3, 0.4) is 0 Å². The Balaban J connectivity index is 1.87. The van der Waals surface area contributed by atoms with Crippen LogP contribution < -0.4 is 4.74 Å². The minimum Gasteiger partial charge on any atom is -0.491 e. The normalized spacial score (nSPS) is 15.0. The number of halogens is 1. The smallest absolute Gasteiger partial charge is 0.271 e. The number of rotatable bonds is 8. The topological polar surface area (TPSA) is 88.2 Å². The van der Waals surface area contributed by atoms with Crippen LogP contribution in [0.5, 0.6) is 5.75 Å². The molecule has 0 atom stereocenters. The molecule has 0 spiro atoms. The first-order chi connectivity index (χ1) is 18.3. The molecule has 0 bridgehead atoms. The van der Waals surface area contributed by atoms with Gasteiger partial charge in [0.2, 0.25) is 0 Å². The number of hydrogen-bond donors (Lipinski definition) is 0. The minimum atomic E-state index is -0.608. The number of nitrogens with zero attached hydrogens (tertiary/aromatic N) is 4. The highest BCUT2D eigenvalue weighted by Crippen LogP contribution is 2.33. The van der Waals surface area contributed by atoms with Crippen LogP contribution in [0.1, 0.15) is 46.1 Å². The van der Waals surface area contributed by atoms with Crippen molar-refractivity contribution >= 4 is 17.9 Å². The molecule has 7 nitrogen and oxygen atoms in total. The van der Waals surface area contributed by atoms with E-state index in [0.29, 0.717) is 29.0 Å². The Hall–Kier alpha value is -4.51. The van der Waals surface area contributed by atoms with Gasteiger partial charge in [0.25, 0.3) is 11.8 Å². The summed E-state index contributed by atoms with van der Waals surface area (Å²) in [6, 6.07) is 15.6. The number of ether oxygens (including phenoxy) is 1. The average molecular weight is 513 g/mol. The second kappa shape index (κ2) is 11.3. The highest BCUT2D eigenvalue weighted by molar-refractivity contribution is 6.20. The van der Waals surface area contributed by atoms with Gasteiger partial charge in [-0.3, -0.25) is 14.5 Å². The molecule has 0 radical (unpaired) electrons. The standard InChI is InChI=1S/C30H29FN4O3/c1-5-6-14-38-27-13-12-21(16-26(27)31)28-22(18-34(33-28)23-10-8-7-9-11-23)15-24-20(4)25(17-32)30(37)35(19(2)3)29(24)36/h7-13,15-16,18-19H,5-6,14H2,1-4H3/b24-15+. The molecule has 2 aromatic carbocycles. The second-order valence-corrected chi connectivity index (χ2v) is 9.30. The third kappa shape index (κ3) is 5.14. The van der Waals surface area contributed by atoms with Crippen molar-refractivity contribution in [2.45, 2.75) is 46.6 Å². The van der Waals surface area contributed by atoms with Crippen molar-refractivity contribution in [3.8, 4) is 28.8 Å². The first-order valence-corrected chi connectivity index (χ1v) is 12.6. The number of unbranched alkanes of at least 4 members (excludes halogenated alkanes) is 1. The highest BCUT2D eigenvalue weighted by Gasteiger charge is 2.37. The summed E-state index contributed by atoms with van der Waals surface area (Å²) in [5, 5.41) is 14.4. The van der Waals surface area contributed by atoms with Gasteiger partial charge in [-0.2, -0.15) is 10.4 Å². The van der Waals surface area contributed by atoms with Crippen molar-refractivity contribution in [1.29, 1.82) is 5.26 Å². The van der Waals surface area contributed by atoms with Gasteiger partial charge in [-0.05, 0) is 69.2 Å². The Labute approximate surface area is 221 Å². The van der Waals surface area contributed by atoms with Crippen LogP contribution >= 0.6 is 0 Å². The summed E-state index contributed by atoms with van der Waals surface area (Å²) in [6.07, 6.45) is 5.11. The maximum absolute atomic E-state index is 15.0. The maximum atomic E-state index is 15.0. The van der Waals surface area contributed by atoms with Crippen molar-refractivity contribution in [2.24, 2.45) is 0 Å². The molecule has 3 aromatic rings. The molecule has 0 N–H and O–H groups in total. The summed E-state index contributed by atoms with van der Waals surface area (Å²) < 4.78 is 22.2. The van der Waals surface area contributed by atoms with E-state index in [9.17, 15) is 19.2 Å². The van der Waals surface area contributed by atoms with E-state index >= 15 is 0 Å². The third-order valence-corrected chi connectivity index (χ3v) is 6.31. The van der Waals surface area contributed by atoms with Gasteiger partial charge in [0.1, 0.15) is 17.3 Å². The SMILES string of the molecule is CCCCOc1ccc(-c2nn(-c3ccccc3)cc2/C=C2/C(=O)N(C(C)C)C(=O)C(C#N)=C2C)cc1F. The van der Waals surface area contributed by atoms with Gasteiger partial charge in [0.05, 0.1) is 12.3 Å². The van der Waals surface area contributed by atoms with Crippen molar-refractivity contribution in [2.75, 3.05) is 6.61 Å². The Morgan fingerprint density at radius 3 is 2.50 bits per heavy atom. The van der Waals surface area contributed by atoms with E-state index in [1.807, 2.05) is 43.3 Å². The number of amides is 2. The zero-order valence-corrected chi connectivity index (χ0v) is 21.9. The van der Waals surface area contributed by atoms with Crippen molar-refractivity contribution in [3.05, 3.63) is 82.8 Å². The lowest BCUT2D eigenvalue weighted by Gasteiger charge is -2.30. The number of para-hydroxylation sites is 1. The first kappa shape index (κ1) is 26.6. The Bertz CT molecular complexity index is 1480. The van der Waals surface area contributed by atoms with Gasteiger partial charge in [-0.15, -0.1) is 0 Å². The van der Waals surface area contributed by atoms with Gasteiger partial charge in [-0.25, -0.2) is 9.07 Å². The molecule has 4 rings (SSSR count). The number of hydrogen-bond acceptors (Lipinski definition) is 5. The molecule has 1 aliphatic rings. The zero-order valence-electron chi connectivity index (χ0n) is 21.9. The fourth-order valence-electron chi connectivity index (χ4n) is 4.25. The molecule has 2 heterocycles. The molecule has 38 heavy (non-hydrogen) atoms. The lowest BCUT2D eigenvalue weighted by molar-refractivity contribution is -0.142. The molecule has 8 heteroatoms. The van der Waals surface area contributed by atoms with Crippen LogP contribution in [0.2, 0.25) is 0 Å². The third-order valence-electron chi connectivity index (χ3n) is 6.31. The van der Waals surface area contributed by atoms with Crippen LogP contribution in [0.15, 0.2) is 71.4 Å². The van der Waals surface area contributed by atoms with E-state index in [1.165, 1.54) is 6.07 Å². The summed E-state index contributed by atoms with van der Waals surface area (Å²) in [7, 11) is 0. The first-order valence-electron chi connectivity index (χ1n) is 12.6. The molecular formula is C30H29FN4O3. The molecule has 1 aliphatic heterocycles. The van der Waals surface area contributed by atoms with E-state index in [4.69, 9.17) is 9.84 Å². The fraction of sp³-hybridized carbons (Fsp3) is 0.267. The summed E-state index contributed by atoms with van der Waals surface area (Å²) in [5.74, 6) is -1.45. The van der Waals surface area contributed by atoms with Crippen molar-refractivity contribution in [3.63, 3.8) is 0 Å². The van der Waals surface area contributed by atoms with Gasteiger partial charge in [-0.1, -0.05) is 31.5 Å². The molecule has 0 saturated heterocycles. The minimum absolute atomic E-state index is 0.0822. The summed E-state index contributed by atoms with van der Waals surface area (Å²) in [5.41, 5.74) is 2.67.